The number of benzene rings is 2. The maximum absolute atomic E-state index is 4.92. The van der Waals surface area contributed by atoms with E-state index in [2.05, 4.69) is 92.7 Å². The van der Waals surface area contributed by atoms with Gasteiger partial charge in [-0.15, -0.1) is 5.10 Å². The van der Waals surface area contributed by atoms with Crippen LogP contribution in [0, 0.1) is 12.8 Å². The molecule has 2 aromatic carbocycles. The molecule has 0 N–H and O–H groups in total. The van der Waals surface area contributed by atoms with E-state index in [1.807, 2.05) is 6.08 Å². The first-order chi connectivity index (χ1) is 14.2. The van der Waals surface area contributed by atoms with Gasteiger partial charge in [0.25, 0.3) is 0 Å². The van der Waals surface area contributed by atoms with Crippen LogP contribution in [-0.4, -0.2) is 15.0 Å². The molecule has 0 fully saturated rings. The summed E-state index contributed by atoms with van der Waals surface area (Å²) in [5, 5.41) is 9.83. The first kappa shape index (κ1) is 19.1. The number of allylic oxidation sites excluding steroid dienone is 6. The van der Waals surface area contributed by atoms with Crippen LogP contribution in [0.4, 0.5) is 0 Å². The largest absolute Gasteiger partial charge is 0.153 e. The highest BCUT2D eigenvalue weighted by Gasteiger charge is 2.17. The Hall–Kier alpha value is -3.20. The SMILES string of the molecule is Cc1cccc(-c2nn(C3=CCC=CC=C3)nc2CC(C)Cc2ccccc2)c1. The predicted molar refractivity (Wildman–Crippen MR) is 120 cm³/mol. The van der Waals surface area contributed by atoms with Gasteiger partial charge < -0.3 is 0 Å². The summed E-state index contributed by atoms with van der Waals surface area (Å²) >= 11 is 0. The molecular weight excluding hydrogens is 354 g/mol. The summed E-state index contributed by atoms with van der Waals surface area (Å²) in [6.45, 7) is 4.41. The Morgan fingerprint density at radius 1 is 0.966 bits per heavy atom. The second-order valence-electron chi connectivity index (χ2n) is 7.81. The summed E-state index contributed by atoms with van der Waals surface area (Å²) in [5.74, 6) is 0.478. The third kappa shape index (κ3) is 4.80. The maximum Gasteiger partial charge on any atom is 0.116 e. The van der Waals surface area contributed by atoms with Crippen LogP contribution in [0.3, 0.4) is 0 Å². The van der Waals surface area contributed by atoms with E-state index < -0.39 is 0 Å². The zero-order chi connectivity index (χ0) is 20.1. The highest BCUT2D eigenvalue weighted by Crippen LogP contribution is 2.26. The van der Waals surface area contributed by atoms with Crippen molar-refractivity contribution in [3.8, 4) is 11.3 Å². The third-order valence-electron chi connectivity index (χ3n) is 5.15. The second-order valence-corrected chi connectivity index (χ2v) is 7.81. The summed E-state index contributed by atoms with van der Waals surface area (Å²) in [5.41, 5.74) is 6.80. The molecule has 0 spiro atoms. The van der Waals surface area contributed by atoms with Crippen LogP contribution >= 0.6 is 0 Å². The van der Waals surface area contributed by atoms with Crippen molar-refractivity contribution in [1.29, 1.82) is 0 Å². The average molecular weight is 382 g/mol. The zero-order valence-electron chi connectivity index (χ0n) is 17.1. The predicted octanol–water partition coefficient (Wildman–Crippen LogP) is 6.03. The van der Waals surface area contributed by atoms with Crippen LogP contribution in [0.5, 0.6) is 0 Å². The lowest BCUT2D eigenvalue weighted by Crippen LogP contribution is -2.06. The monoisotopic (exact) mass is 381 g/mol. The van der Waals surface area contributed by atoms with Gasteiger partial charge in [0, 0.05) is 5.56 Å². The van der Waals surface area contributed by atoms with Crippen molar-refractivity contribution in [2.24, 2.45) is 5.92 Å². The molecule has 1 aliphatic rings. The standard InChI is InChI=1S/C26H27N3/c1-20-11-10-14-23(18-20)26-25(19-21(2)17-22-12-6-5-7-13-22)27-29(28-26)24-15-8-3-4-9-16-24/h3-8,10-16,18,21H,9,17,19H2,1-2H3. The second kappa shape index (κ2) is 8.87. The highest BCUT2D eigenvalue weighted by atomic mass is 15.5. The molecule has 0 radical (unpaired) electrons. The lowest BCUT2D eigenvalue weighted by Gasteiger charge is -2.11. The van der Waals surface area contributed by atoms with Gasteiger partial charge in [0.2, 0.25) is 0 Å². The average Bonchev–Trinajstić information content (AvgIpc) is 2.94. The Morgan fingerprint density at radius 3 is 2.66 bits per heavy atom. The smallest absolute Gasteiger partial charge is 0.116 e. The molecule has 1 heterocycles. The molecule has 3 aromatic rings. The normalized spacial score (nSPS) is 14.5. The molecule has 146 valence electrons. The fourth-order valence-electron chi connectivity index (χ4n) is 3.74. The molecule has 29 heavy (non-hydrogen) atoms. The Balaban J connectivity index is 1.66. The van der Waals surface area contributed by atoms with Gasteiger partial charge in [-0.3, -0.25) is 0 Å². The molecule has 4 rings (SSSR count). The molecule has 1 atom stereocenters. The maximum atomic E-state index is 4.92. The lowest BCUT2D eigenvalue weighted by molar-refractivity contribution is 0.565. The topological polar surface area (TPSA) is 30.7 Å². The van der Waals surface area contributed by atoms with Gasteiger partial charge >= 0.3 is 0 Å². The lowest BCUT2D eigenvalue weighted by atomic mass is 9.95. The van der Waals surface area contributed by atoms with E-state index in [-0.39, 0.29) is 0 Å². The number of hydrogen-bond donors (Lipinski definition) is 0. The van der Waals surface area contributed by atoms with Crippen molar-refractivity contribution in [2.45, 2.75) is 33.1 Å². The van der Waals surface area contributed by atoms with Crippen LogP contribution in [0.25, 0.3) is 17.0 Å². The van der Waals surface area contributed by atoms with Crippen molar-refractivity contribution >= 4 is 5.70 Å². The number of aryl methyl sites for hydroxylation is 1. The van der Waals surface area contributed by atoms with E-state index in [1.165, 1.54) is 11.1 Å². The zero-order valence-corrected chi connectivity index (χ0v) is 17.1. The van der Waals surface area contributed by atoms with Gasteiger partial charge in [0.1, 0.15) is 5.69 Å². The van der Waals surface area contributed by atoms with Crippen molar-refractivity contribution in [3.05, 3.63) is 102 Å². The molecule has 1 aromatic heterocycles. The minimum Gasteiger partial charge on any atom is -0.153 e. The molecule has 1 aliphatic carbocycles. The van der Waals surface area contributed by atoms with E-state index in [0.29, 0.717) is 5.92 Å². The molecule has 0 bridgehead atoms. The van der Waals surface area contributed by atoms with Crippen LogP contribution < -0.4 is 0 Å². The summed E-state index contributed by atoms with van der Waals surface area (Å²) in [7, 11) is 0. The molecule has 0 aliphatic heterocycles. The third-order valence-corrected chi connectivity index (χ3v) is 5.15. The summed E-state index contributed by atoms with van der Waals surface area (Å²) in [4.78, 5) is 1.80. The first-order valence-electron chi connectivity index (χ1n) is 10.3. The van der Waals surface area contributed by atoms with Gasteiger partial charge in [-0.05, 0) is 49.8 Å². The number of nitrogens with zero attached hydrogens (tertiary/aromatic N) is 3. The van der Waals surface area contributed by atoms with Crippen LogP contribution in [-0.2, 0) is 12.8 Å². The van der Waals surface area contributed by atoms with E-state index in [4.69, 9.17) is 10.2 Å². The van der Waals surface area contributed by atoms with Crippen molar-refractivity contribution in [3.63, 3.8) is 0 Å². The molecule has 3 heteroatoms. The summed E-state index contributed by atoms with van der Waals surface area (Å²) in [6.07, 6.45) is 13.3. The number of hydrogen-bond acceptors (Lipinski definition) is 2. The Bertz CT molecular complexity index is 1050. The van der Waals surface area contributed by atoms with Crippen molar-refractivity contribution in [2.75, 3.05) is 0 Å². The van der Waals surface area contributed by atoms with Crippen molar-refractivity contribution < 1.29 is 0 Å². The highest BCUT2D eigenvalue weighted by molar-refractivity contribution is 5.64. The minimum absolute atomic E-state index is 0.478. The van der Waals surface area contributed by atoms with Gasteiger partial charge in [-0.2, -0.15) is 9.90 Å². The van der Waals surface area contributed by atoms with E-state index in [1.54, 1.807) is 4.80 Å². The van der Waals surface area contributed by atoms with Crippen LogP contribution in [0.2, 0.25) is 0 Å². The first-order valence-corrected chi connectivity index (χ1v) is 10.3. The Labute approximate surface area is 173 Å². The molecule has 1 unspecified atom stereocenters. The van der Waals surface area contributed by atoms with E-state index in [9.17, 15) is 0 Å². The fourth-order valence-corrected chi connectivity index (χ4v) is 3.74. The van der Waals surface area contributed by atoms with Crippen molar-refractivity contribution in [1.82, 2.24) is 15.0 Å². The minimum atomic E-state index is 0.478. The summed E-state index contributed by atoms with van der Waals surface area (Å²) in [6, 6.07) is 19.2. The molecule has 3 nitrogen and oxygen atoms in total. The van der Waals surface area contributed by atoms with Gasteiger partial charge in [0.05, 0.1) is 11.4 Å². The van der Waals surface area contributed by atoms with Crippen LogP contribution in [0.15, 0.2) is 85.0 Å². The van der Waals surface area contributed by atoms with E-state index in [0.717, 1.165) is 41.9 Å². The number of aromatic nitrogens is 3. The van der Waals surface area contributed by atoms with Gasteiger partial charge in [-0.25, -0.2) is 0 Å². The number of rotatable bonds is 6. The van der Waals surface area contributed by atoms with E-state index >= 15 is 0 Å². The fraction of sp³-hybridized carbons (Fsp3) is 0.231. The molecular formula is C26H27N3. The Kier molecular flexibility index (Phi) is 5.85. The van der Waals surface area contributed by atoms with Gasteiger partial charge in [0.15, 0.2) is 0 Å². The molecule has 0 saturated heterocycles. The molecule has 0 amide bonds. The Morgan fingerprint density at radius 2 is 1.83 bits per heavy atom. The quantitative estimate of drug-likeness (QED) is 0.522. The van der Waals surface area contributed by atoms with Crippen LogP contribution in [0.1, 0.15) is 30.2 Å². The summed E-state index contributed by atoms with van der Waals surface area (Å²) < 4.78 is 0. The van der Waals surface area contributed by atoms with Gasteiger partial charge in [-0.1, -0.05) is 85.3 Å². The molecule has 0 saturated carbocycles.